The summed E-state index contributed by atoms with van der Waals surface area (Å²) in [4.78, 5) is 12.1. The predicted octanol–water partition coefficient (Wildman–Crippen LogP) is 5.42. The Morgan fingerprint density at radius 1 is 1.15 bits per heavy atom. The minimum atomic E-state index is -0.332. The van der Waals surface area contributed by atoms with Crippen LogP contribution < -0.4 is 10.2 Å². The molecule has 0 aliphatic heterocycles. The standard InChI is InChI=1S/C20H16Cl2N2O3/c1-2-26-15-6-3-13(4-7-15)20(25)24-23-12-16-8-10-19(27-16)17-9-5-14(21)11-18(17)22/h3-12H,2H2,1H3,(H,24,25)/b23-12+. The van der Waals surface area contributed by atoms with Crippen LogP contribution in [-0.4, -0.2) is 18.7 Å². The van der Waals surface area contributed by atoms with Gasteiger partial charge in [-0.25, -0.2) is 5.43 Å². The van der Waals surface area contributed by atoms with Gasteiger partial charge in [0.25, 0.3) is 5.91 Å². The number of amides is 1. The van der Waals surface area contributed by atoms with Crippen LogP contribution in [0.15, 0.2) is 64.1 Å². The van der Waals surface area contributed by atoms with Gasteiger partial charge in [0, 0.05) is 16.1 Å². The molecule has 2 aromatic carbocycles. The molecule has 3 rings (SSSR count). The van der Waals surface area contributed by atoms with Gasteiger partial charge < -0.3 is 9.15 Å². The molecule has 0 radical (unpaired) electrons. The number of halogens is 2. The molecule has 27 heavy (non-hydrogen) atoms. The first kappa shape index (κ1) is 19.0. The zero-order valence-corrected chi connectivity index (χ0v) is 15.9. The Morgan fingerprint density at radius 3 is 2.63 bits per heavy atom. The van der Waals surface area contributed by atoms with Crippen molar-refractivity contribution < 1.29 is 13.9 Å². The molecule has 3 aromatic rings. The fraction of sp³-hybridized carbons (Fsp3) is 0.100. The normalized spacial score (nSPS) is 10.9. The highest BCUT2D eigenvalue weighted by Crippen LogP contribution is 2.31. The number of ether oxygens (including phenoxy) is 1. The molecule has 1 aromatic heterocycles. The summed E-state index contributed by atoms with van der Waals surface area (Å²) in [5.74, 6) is 1.43. The fourth-order valence-corrected chi connectivity index (χ4v) is 2.85. The summed E-state index contributed by atoms with van der Waals surface area (Å²) in [6.07, 6.45) is 1.42. The molecule has 0 bridgehead atoms. The predicted molar refractivity (Wildman–Crippen MR) is 107 cm³/mol. The number of hydrogen-bond donors (Lipinski definition) is 1. The first-order chi connectivity index (χ1) is 13.1. The number of nitrogens with zero attached hydrogens (tertiary/aromatic N) is 1. The molecule has 5 nitrogen and oxygen atoms in total. The number of benzene rings is 2. The number of hydrogen-bond acceptors (Lipinski definition) is 4. The van der Waals surface area contributed by atoms with Crippen LogP contribution in [0.2, 0.25) is 10.0 Å². The van der Waals surface area contributed by atoms with E-state index in [9.17, 15) is 4.79 Å². The zero-order valence-electron chi connectivity index (χ0n) is 14.4. The maximum Gasteiger partial charge on any atom is 0.271 e. The minimum absolute atomic E-state index is 0.332. The van der Waals surface area contributed by atoms with E-state index in [-0.39, 0.29) is 5.91 Å². The Kier molecular flexibility index (Phi) is 6.16. The highest BCUT2D eigenvalue weighted by Gasteiger charge is 2.09. The second kappa shape index (κ2) is 8.75. The van der Waals surface area contributed by atoms with E-state index in [0.29, 0.717) is 39.5 Å². The summed E-state index contributed by atoms with van der Waals surface area (Å²) in [5.41, 5.74) is 3.65. The number of carbonyl (C=O) groups excluding carboxylic acids is 1. The first-order valence-electron chi connectivity index (χ1n) is 8.18. The summed E-state index contributed by atoms with van der Waals surface area (Å²) in [6.45, 7) is 2.47. The van der Waals surface area contributed by atoms with Crippen molar-refractivity contribution in [2.24, 2.45) is 5.10 Å². The molecule has 1 N–H and O–H groups in total. The highest BCUT2D eigenvalue weighted by atomic mass is 35.5. The average molecular weight is 403 g/mol. The molecule has 0 spiro atoms. The van der Waals surface area contributed by atoms with E-state index in [1.807, 2.05) is 6.92 Å². The van der Waals surface area contributed by atoms with Crippen LogP contribution in [0.25, 0.3) is 11.3 Å². The average Bonchev–Trinajstić information content (AvgIpc) is 3.11. The smallest absolute Gasteiger partial charge is 0.271 e. The van der Waals surface area contributed by atoms with Gasteiger partial charge in [-0.3, -0.25) is 4.79 Å². The van der Waals surface area contributed by atoms with Crippen LogP contribution in [-0.2, 0) is 0 Å². The lowest BCUT2D eigenvalue weighted by molar-refractivity contribution is 0.0955. The second-order valence-corrected chi connectivity index (χ2v) is 6.33. The highest BCUT2D eigenvalue weighted by molar-refractivity contribution is 6.36. The Bertz CT molecular complexity index is 966. The molecule has 0 aliphatic rings. The molecule has 0 atom stereocenters. The van der Waals surface area contributed by atoms with Crippen LogP contribution in [0.4, 0.5) is 0 Å². The quantitative estimate of drug-likeness (QED) is 0.442. The topological polar surface area (TPSA) is 63.8 Å². The second-order valence-electron chi connectivity index (χ2n) is 5.48. The van der Waals surface area contributed by atoms with Gasteiger partial charge in [-0.1, -0.05) is 23.2 Å². The Hall–Kier alpha value is -2.76. The van der Waals surface area contributed by atoms with E-state index in [2.05, 4.69) is 10.5 Å². The Balaban J connectivity index is 1.63. The van der Waals surface area contributed by atoms with Crippen LogP contribution in [0.3, 0.4) is 0 Å². The van der Waals surface area contributed by atoms with E-state index in [1.165, 1.54) is 6.21 Å². The third kappa shape index (κ3) is 4.90. The van der Waals surface area contributed by atoms with Crippen molar-refractivity contribution in [3.8, 4) is 17.1 Å². The van der Waals surface area contributed by atoms with Crippen molar-refractivity contribution in [1.82, 2.24) is 5.43 Å². The maximum atomic E-state index is 12.1. The first-order valence-corrected chi connectivity index (χ1v) is 8.94. The molecular weight excluding hydrogens is 387 g/mol. The van der Waals surface area contributed by atoms with Gasteiger partial charge >= 0.3 is 0 Å². The summed E-state index contributed by atoms with van der Waals surface area (Å²) in [7, 11) is 0. The Morgan fingerprint density at radius 2 is 1.93 bits per heavy atom. The lowest BCUT2D eigenvalue weighted by atomic mass is 10.2. The fourth-order valence-electron chi connectivity index (χ4n) is 2.34. The third-order valence-electron chi connectivity index (χ3n) is 3.61. The third-order valence-corrected chi connectivity index (χ3v) is 4.16. The molecule has 1 amide bonds. The molecular formula is C20H16Cl2N2O3. The van der Waals surface area contributed by atoms with Crippen molar-refractivity contribution in [2.45, 2.75) is 6.92 Å². The van der Waals surface area contributed by atoms with Crippen LogP contribution in [0, 0.1) is 0 Å². The molecule has 0 unspecified atom stereocenters. The molecule has 1 heterocycles. The number of furan rings is 1. The van der Waals surface area contributed by atoms with Crippen LogP contribution in [0.5, 0.6) is 5.75 Å². The van der Waals surface area contributed by atoms with Gasteiger partial charge in [0.15, 0.2) is 0 Å². The van der Waals surface area contributed by atoms with Crippen molar-refractivity contribution in [1.29, 1.82) is 0 Å². The summed E-state index contributed by atoms with van der Waals surface area (Å²) in [6, 6.07) is 15.5. The summed E-state index contributed by atoms with van der Waals surface area (Å²) >= 11 is 12.1. The number of hydrazone groups is 1. The van der Waals surface area contributed by atoms with Crippen LogP contribution in [0.1, 0.15) is 23.0 Å². The zero-order chi connectivity index (χ0) is 19.2. The SMILES string of the molecule is CCOc1ccc(C(=O)N/N=C/c2ccc(-c3ccc(Cl)cc3Cl)o2)cc1. The van der Waals surface area contributed by atoms with Crippen molar-refractivity contribution in [3.05, 3.63) is 76.0 Å². The summed E-state index contributed by atoms with van der Waals surface area (Å²) in [5, 5.41) is 4.96. The van der Waals surface area contributed by atoms with Gasteiger partial charge in [0.2, 0.25) is 0 Å². The molecule has 0 aliphatic carbocycles. The van der Waals surface area contributed by atoms with E-state index >= 15 is 0 Å². The lowest BCUT2D eigenvalue weighted by Crippen LogP contribution is -2.17. The minimum Gasteiger partial charge on any atom is -0.494 e. The van der Waals surface area contributed by atoms with Crippen molar-refractivity contribution in [2.75, 3.05) is 6.61 Å². The lowest BCUT2D eigenvalue weighted by Gasteiger charge is -2.03. The number of nitrogens with one attached hydrogen (secondary N) is 1. The van der Waals surface area contributed by atoms with Gasteiger partial charge in [-0.2, -0.15) is 5.10 Å². The number of rotatable bonds is 6. The Labute approximate surface area is 166 Å². The van der Waals surface area contributed by atoms with Crippen molar-refractivity contribution >= 4 is 35.3 Å². The molecule has 0 fully saturated rings. The van der Waals surface area contributed by atoms with Gasteiger partial charge in [0.1, 0.15) is 17.3 Å². The summed E-state index contributed by atoms with van der Waals surface area (Å²) < 4.78 is 11.0. The molecule has 0 saturated carbocycles. The van der Waals surface area contributed by atoms with E-state index < -0.39 is 0 Å². The molecule has 7 heteroatoms. The largest absolute Gasteiger partial charge is 0.494 e. The van der Waals surface area contributed by atoms with Gasteiger partial charge in [-0.15, -0.1) is 0 Å². The monoisotopic (exact) mass is 402 g/mol. The van der Waals surface area contributed by atoms with E-state index in [1.54, 1.807) is 54.6 Å². The van der Waals surface area contributed by atoms with Gasteiger partial charge in [0.05, 0.1) is 17.8 Å². The molecule has 138 valence electrons. The molecule has 0 saturated heterocycles. The number of carbonyl (C=O) groups is 1. The maximum absolute atomic E-state index is 12.1. The van der Waals surface area contributed by atoms with E-state index in [4.69, 9.17) is 32.4 Å². The van der Waals surface area contributed by atoms with Crippen LogP contribution >= 0.6 is 23.2 Å². The van der Waals surface area contributed by atoms with E-state index in [0.717, 1.165) is 5.56 Å². The van der Waals surface area contributed by atoms with Gasteiger partial charge in [-0.05, 0) is 61.5 Å². The van der Waals surface area contributed by atoms with Crippen molar-refractivity contribution in [3.63, 3.8) is 0 Å².